The maximum absolute atomic E-state index is 11.9. The molecule has 0 aromatic carbocycles. The Kier molecular flexibility index (Phi) is 4.69. The van der Waals surface area contributed by atoms with Crippen molar-refractivity contribution in [2.45, 2.75) is 20.3 Å². The van der Waals surface area contributed by atoms with E-state index in [-0.39, 0.29) is 5.91 Å². The molecular weight excluding hydrogens is 204 g/mol. The molecule has 5 heteroatoms. The average Bonchev–Trinajstić information content (AvgIpc) is 2.29. The summed E-state index contributed by atoms with van der Waals surface area (Å²) in [5.74, 6) is 0.548. The fraction of sp³-hybridized carbons (Fsp3) is 0.545. The lowest BCUT2D eigenvalue weighted by molar-refractivity contribution is 0.0789. The van der Waals surface area contributed by atoms with Gasteiger partial charge in [0.25, 0.3) is 5.91 Å². The Balaban J connectivity index is 2.78. The molecule has 0 radical (unpaired) electrons. The molecule has 5 nitrogen and oxygen atoms in total. The minimum atomic E-state index is -0.0888. The lowest BCUT2D eigenvalue weighted by atomic mass is 10.3. The second-order valence-electron chi connectivity index (χ2n) is 3.55. The van der Waals surface area contributed by atoms with Crippen LogP contribution in [0.5, 0.6) is 0 Å². The van der Waals surface area contributed by atoms with Crippen LogP contribution >= 0.6 is 0 Å². The predicted octanol–water partition coefficient (Wildman–Crippen LogP) is 1.39. The van der Waals surface area contributed by atoms with Gasteiger partial charge in [-0.25, -0.2) is 4.98 Å². The van der Waals surface area contributed by atoms with Crippen molar-refractivity contribution in [3.63, 3.8) is 0 Å². The molecule has 0 aliphatic rings. The van der Waals surface area contributed by atoms with Crippen molar-refractivity contribution < 1.29 is 4.79 Å². The Hall–Kier alpha value is -1.65. The summed E-state index contributed by atoms with van der Waals surface area (Å²) in [7, 11) is 1.77. The van der Waals surface area contributed by atoms with E-state index in [1.54, 1.807) is 18.1 Å². The van der Waals surface area contributed by atoms with Gasteiger partial charge >= 0.3 is 0 Å². The molecule has 0 unspecified atom stereocenters. The van der Waals surface area contributed by atoms with Crippen LogP contribution < -0.4 is 5.32 Å². The molecule has 0 bridgehead atoms. The third-order valence-corrected chi connectivity index (χ3v) is 2.12. The zero-order chi connectivity index (χ0) is 12.0. The number of amides is 1. The molecule has 1 heterocycles. The SMILES string of the molecule is CCCN(C)C(=O)c1cncc(NCC)n1. The third kappa shape index (κ3) is 3.18. The average molecular weight is 222 g/mol. The normalized spacial score (nSPS) is 9.94. The number of carbonyl (C=O) groups is 1. The van der Waals surface area contributed by atoms with E-state index < -0.39 is 0 Å². The minimum absolute atomic E-state index is 0.0888. The van der Waals surface area contributed by atoms with Crippen LogP contribution in [0.2, 0.25) is 0 Å². The van der Waals surface area contributed by atoms with E-state index in [0.717, 1.165) is 19.5 Å². The molecule has 0 saturated carbocycles. The van der Waals surface area contributed by atoms with Crippen LogP contribution in [0.4, 0.5) is 5.82 Å². The quantitative estimate of drug-likeness (QED) is 0.818. The van der Waals surface area contributed by atoms with Gasteiger partial charge in [-0.15, -0.1) is 0 Å². The van der Waals surface area contributed by atoms with Gasteiger partial charge in [0.05, 0.1) is 12.4 Å². The number of aromatic nitrogens is 2. The van der Waals surface area contributed by atoms with Crippen LogP contribution in [-0.2, 0) is 0 Å². The van der Waals surface area contributed by atoms with Crippen molar-refractivity contribution in [2.75, 3.05) is 25.5 Å². The Morgan fingerprint density at radius 1 is 1.44 bits per heavy atom. The number of anilines is 1. The Bertz CT molecular complexity index is 354. The number of nitrogens with one attached hydrogen (secondary N) is 1. The molecule has 1 N–H and O–H groups in total. The molecule has 88 valence electrons. The highest BCUT2D eigenvalue weighted by Gasteiger charge is 2.12. The standard InChI is InChI=1S/C11H18N4O/c1-4-6-15(3)11(16)9-7-12-8-10(14-9)13-5-2/h7-8H,4-6H2,1-3H3,(H,13,14). The molecule has 0 fully saturated rings. The Morgan fingerprint density at radius 3 is 2.81 bits per heavy atom. The first-order valence-corrected chi connectivity index (χ1v) is 5.50. The van der Waals surface area contributed by atoms with Gasteiger partial charge in [0, 0.05) is 20.1 Å². The van der Waals surface area contributed by atoms with Gasteiger partial charge in [0.2, 0.25) is 0 Å². The smallest absolute Gasteiger partial charge is 0.273 e. The van der Waals surface area contributed by atoms with E-state index in [1.807, 2.05) is 13.8 Å². The highest BCUT2D eigenvalue weighted by molar-refractivity contribution is 5.92. The maximum atomic E-state index is 11.9. The van der Waals surface area contributed by atoms with Crippen LogP contribution in [0.25, 0.3) is 0 Å². The van der Waals surface area contributed by atoms with Crippen molar-refractivity contribution in [3.8, 4) is 0 Å². The maximum Gasteiger partial charge on any atom is 0.273 e. The summed E-state index contributed by atoms with van der Waals surface area (Å²) >= 11 is 0. The molecule has 0 aliphatic carbocycles. The van der Waals surface area contributed by atoms with Gasteiger partial charge in [-0.05, 0) is 13.3 Å². The summed E-state index contributed by atoms with van der Waals surface area (Å²) in [6.45, 7) is 5.49. The molecule has 1 amide bonds. The van der Waals surface area contributed by atoms with E-state index in [2.05, 4.69) is 15.3 Å². The fourth-order valence-corrected chi connectivity index (χ4v) is 1.37. The molecule has 0 aliphatic heterocycles. The van der Waals surface area contributed by atoms with Crippen molar-refractivity contribution in [3.05, 3.63) is 18.1 Å². The first-order chi connectivity index (χ1) is 7.69. The minimum Gasteiger partial charge on any atom is -0.369 e. The van der Waals surface area contributed by atoms with Crippen molar-refractivity contribution >= 4 is 11.7 Å². The first-order valence-electron chi connectivity index (χ1n) is 5.50. The number of carbonyl (C=O) groups excluding carboxylic acids is 1. The van der Waals surface area contributed by atoms with E-state index >= 15 is 0 Å². The highest BCUT2D eigenvalue weighted by Crippen LogP contribution is 2.04. The molecule has 0 spiro atoms. The lowest BCUT2D eigenvalue weighted by Crippen LogP contribution is -2.28. The number of nitrogens with zero attached hydrogens (tertiary/aromatic N) is 3. The Morgan fingerprint density at radius 2 is 2.19 bits per heavy atom. The summed E-state index contributed by atoms with van der Waals surface area (Å²) in [5, 5.41) is 3.03. The van der Waals surface area contributed by atoms with Crippen molar-refractivity contribution in [2.24, 2.45) is 0 Å². The van der Waals surface area contributed by atoms with E-state index in [1.165, 1.54) is 6.20 Å². The van der Waals surface area contributed by atoms with E-state index in [9.17, 15) is 4.79 Å². The molecule has 0 atom stereocenters. The number of rotatable bonds is 5. The summed E-state index contributed by atoms with van der Waals surface area (Å²) in [6.07, 6.45) is 4.04. The topological polar surface area (TPSA) is 58.1 Å². The van der Waals surface area contributed by atoms with Crippen molar-refractivity contribution in [1.29, 1.82) is 0 Å². The van der Waals surface area contributed by atoms with Gasteiger partial charge in [-0.2, -0.15) is 0 Å². The lowest BCUT2D eigenvalue weighted by Gasteiger charge is -2.15. The summed E-state index contributed by atoms with van der Waals surface area (Å²) in [5.41, 5.74) is 0.384. The third-order valence-electron chi connectivity index (χ3n) is 2.12. The van der Waals surface area contributed by atoms with Crippen LogP contribution in [0.1, 0.15) is 30.8 Å². The molecule has 1 aromatic rings. The number of hydrogen-bond acceptors (Lipinski definition) is 4. The largest absolute Gasteiger partial charge is 0.369 e. The van der Waals surface area contributed by atoms with Gasteiger partial charge < -0.3 is 10.2 Å². The fourth-order valence-electron chi connectivity index (χ4n) is 1.37. The molecule has 16 heavy (non-hydrogen) atoms. The summed E-state index contributed by atoms with van der Waals surface area (Å²) < 4.78 is 0. The van der Waals surface area contributed by atoms with E-state index in [0.29, 0.717) is 11.5 Å². The summed E-state index contributed by atoms with van der Waals surface area (Å²) in [4.78, 5) is 21.7. The van der Waals surface area contributed by atoms with Crippen LogP contribution in [0.3, 0.4) is 0 Å². The van der Waals surface area contributed by atoms with Gasteiger partial charge in [-0.1, -0.05) is 6.92 Å². The van der Waals surface area contributed by atoms with Crippen LogP contribution in [0.15, 0.2) is 12.4 Å². The van der Waals surface area contributed by atoms with Crippen LogP contribution in [-0.4, -0.2) is 40.9 Å². The highest BCUT2D eigenvalue weighted by atomic mass is 16.2. The zero-order valence-electron chi connectivity index (χ0n) is 10.0. The Labute approximate surface area is 95.9 Å². The second-order valence-corrected chi connectivity index (χ2v) is 3.55. The molecule has 1 rings (SSSR count). The van der Waals surface area contributed by atoms with Crippen molar-refractivity contribution in [1.82, 2.24) is 14.9 Å². The molecule has 0 saturated heterocycles. The van der Waals surface area contributed by atoms with Gasteiger partial charge in [0.15, 0.2) is 0 Å². The first kappa shape index (κ1) is 12.4. The van der Waals surface area contributed by atoms with Crippen LogP contribution in [0, 0.1) is 0 Å². The number of hydrogen-bond donors (Lipinski definition) is 1. The monoisotopic (exact) mass is 222 g/mol. The predicted molar refractivity (Wildman–Crippen MR) is 63.4 cm³/mol. The van der Waals surface area contributed by atoms with E-state index in [4.69, 9.17) is 0 Å². The van der Waals surface area contributed by atoms with Gasteiger partial charge in [0.1, 0.15) is 11.5 Å². The second kappa shape index (κ2) is 6.05. The zero-order valence-corrected chi connectivity index (χ0v) is 10.0. The summed E-state index contributed by atoms with van der Waals surface area (Å²) in [6, 6.07) is 0. The molecular formula is C11H18N4O. The van der Waals surface area contributed by atoms with Gasteiger partial charge in [-0.3, -0.25) is 9.78 Å². The molecule has 1 aromatic heterocycles.